The number of nitrogens with zero attached hydrogens (tertiary/aromatic N) is 1. The van der Waals surface area contributed by atoms with E-state index >= 15 is 0 Å². The van der Waals surface area contributed by atoms with Crippen molar-refractivity contribution in [3.8, 4) is 5.75 Å². The lowest BCUT2D eigenvalue weighted by Gasteiger charge is -2.19. The Morgan fingerprint density at radius 2 is 2.19 bits per heavy atom. The third-order valence-electron chi connectivity index (χ3n) is 3.20. The van der Waals surface area contributed by atoms with E-state index < -0.39 is 0 Å². The van der Waals surface area contributed by atoms with Gasteiger partial charge < -0.3 is 14.7 Å². The molecule has 2 atom stereocenters. The monoisotopic (exact) mass is 221 g/mol. The Kier molecular flexibility index (Phi) is 3.17. The molecule has 0 aliphatic heterocycles. The summed E-state index contributed by atoms with van der Waals surface area (Å²) in [5.41, 5.74) is 2.28. The van der Waals surface area contributed by atoms with Gasteiger partial charge >= 0.3 is 0 Å². The molecule has 0 heterocycles. The molecule has 0 unspecified atom stereocenters. The third kappa shape index (κ3) is 2.06. The van der Waals surface area contributed by atoms with Crippen LogP contribution in [0, 0.1) is 5.92 Å². The topological polar surface area (TPSA) is 32.7 Å². The SMILES string of the molecule is COc1ccc2c(c1)[C@@H](O)[C@@H](CN(C)C)C2. The predicted molar refractivity (Wildman–Crippen MR) is 63.7 cm³/mol. The highest BCUT2D eigenvalue weighted by Gasteiger charge is 2.31. The van der Waals surface area contributed by atoms with Crippen molar-refractivity contribution in [2.45, 2.75) is 12.5 Å². The Balaban J connectivity index is 2.21. The highest BCUT2D eigenvalue weighted by molar-refractivity contribution is 5.40. The van der Waals surface area contributed by atoms with Crippen molar-refractivity contribution in [2.75, 3.05) is 27.7 Å². The number of benzene rings is 1. The Morgan fingerprint density at radius 1 is 1.44 bits per heavy atom. The Bertz CT molecular complexity index is 376. The molecule has 3 nitrogen and oxygen atoms in total. The lowest BCUT2D eigenvalue weighted by molar-refractivity contribution is 0.105. The summed E-state index contributed by atoms with van der Waals surface area (Å²) in [4.78, 5) is 2.12. The minimum atomic E-state index is -0.354. The number of aliphatic hydroxyl groups is 1. The number of aliphatic hydroxyl groups excluding tert-OH is 1. The molecule has 1 aliphatic carbocycles. The number of ether oxygens (including phenoxy) is 1. The van der Waals surface area contributed by atoms with Crippen LogP contribution in [0.15, 0.2) is 18.2 Å². The summed E-state index contributed by atoms with van der Waals surface area (Å²) in [6.07, 6.45) is 0.603. The van der Waals surface area contributed by atoms with Gasteiger partial charge in [-0.1, -0.05) is 6.07 Å². The minimum absolute atomic E-state index is 0.303. The average Bonchev–Trinajstić information content (AvgIpc) is 2.55. The first-order chi connectivity index (χ1) is 7.61. The van der Waals surface area contributed by atoms with Gasteiger partial charge in [0.2, 0.25) is 0 Å². The van der Waals surface area contributed by atoms with Gasteiger partial charge in [-0.2, -0.15) is 0 Å². The number of hydrogen-bond donors (Lipinski definition) is 1. The van der Waals surface area contributed by atoms with Crippen LogP contribution in [0.2, 0.25) is 0 Å². The number of hydrogen-bond acceptors (Lipinski definition) is 3. The zero-order valence-electron chi connectivity index (χ0n) is 10.1. The lowest BCUT2D eigenvalue weighted by Crippen LogP contribution is -2.24. The van der Waals surface area contributed by atoms with Gasteiger partial charge in [-0.05, 0) is 43.8 Å². The summed E-state index contributed by atoms with van der Waals surface area (Å²) >= 11 is 0. The fourth-order valence-electron chi connectivity index (χ4n) is 2.44. The van der Waals surface area contributed by atoms with Gasteiger partial charge in [0.25, 0.3) is 0 Å². The van der Waals surface area contributed by atoms with Gasteiger partial charge in [-0.15, -0.1) is 0 Å². The van der Waals surface area contributed by atoms with E-state index in [4.69, 9.17) is 4.74 Å². The third-order valence-corrected chi connectivity index (χ3v) is 3.20. The second kappa shape index (κ2) is 4.44. The molecule has 16 heavy (non-hydrogen) atoms. The van der Waals surface area contributed by atoms with Crippen LogP contribution in [0.5, 0.6) is 5.75 Å². The molecule has 0 fully saturated rings. The molecule has 0 aromatic heterocycles. The molecule has 88 valence electrons. The molecule has 0 amide bonds. The maximum Gasteiger partial charge on any atom is 0.119 e. The van der Waals surface area contributed by atoms with Crippen molar-refractivity contribution in [3.63, 3.8) is 0 Å². The van der Waals surface area contributed by atoms with Crippen molar-refractivity contribution in [3.05, 3.63) is 29.3 Å². The minimum Gasteiger partial charge on any atom is -0.497 e. The molecule has 0 saturated carbocycles. The second-order valence-electron chi connectivity index (χ2n) is 4.74. The van der Waals surface area contributed by atoms with E-state index in [1.54, 1.807) is 7.11 Å². The van der Waals surface area contributed by atoms with Gasteiger partial charge in [0.1, 0.15) is 5.75 Å². The fourth-order valence-corrected chi connectivity index (χ4v) is 2.44. The molecule has 1 aromatic carbocycles. The molecule has 0 bridgehead atoms. The summed E-state index contributed by atoms with van der Waals surface area (Å²) in [6.45, 7) is 0.915. The summed E-state index contributed by atoms with van der Waals surface area (Å²) in [7, 11) is 5.73. The molecule has 0 saturated heterocycles. The molecular weight excluding hydrogens is 202 g/mol. The van der Waals surface area contributed by atoms with Gasteiger partial charge in [0, 0.05) is 12.5 Å². The van der Waals surface area contributed by atoms with Crippen molar-refractivity contribution in [2.24, 2.45) is 5.92 Å². The molecule has 1 aliphatic rings. The van der Waals surface area contributed by atoms with Crippen molar-refractivity contribution in [1.82, 2.24) is 4.90 Å². The molecule has 0 radical (unpaired) electrons. The second-order valence-corrected chi connectivity index (χ2v) is 4.74. The normalized spacial score (nSPS) is 23.6. The van der Waals surface area contributed by atoms with E-state index in [1.807, 2.05) is 26.2 Å². The standard InChI is InChI=1S/C13H19NO2/c1-14(2)8-10-6-9-4-5-11(16-3)7-12(9)13(10)15/h4-5,7,10,13,15H,6,8H2,1-3H3/t10-,13+/m1/s1. The quantitative estimate of drug-likeness (QED) is 0.839. The van der Waals surface area contributed by atoms with E-state index in [2.05, 4.69) is 11.0 Å². The average molecular weight is 221 g/mol. The first kappa shape index (κ1) is 11.4. The van der Waals surface area contributed by atoms with Crippen LogP contribution in [0.1, 0.15) is 17.2 Å². The summed E-state index contributed by atoms with van der Waals surface area (Å²) in [5.74, 6) is 1.13. The van der Waals surface area contributed by atoms with Crippen LogP contribution in [-0.2, 0) is 6.42 Å². The molecule has 1 aromatic rings. The van der Waals surface area contributed by atoms with Gasteiger partial charge in [-0.25, -0.2) is 0 Å². The zero-order valence-corrected chi connectivity index (χ0v) is 10.1. The fraction of sp³-hybridized carbons (Fsp3) is 0.538. The summed E-state index contributed by atoms with van der Waals surface area (Å²) in [6, 6.07) is 5.98. The smallest absolute Gasteiger partial charge is 0.119 e. The Hall–Kier alpha value is -1.06. The van der Waals surface area contributed by atoms with E-state index in [0.717, 1.165) is 24.3 Å². The van der Waals surface area contributed by atoms with E-state index in [0.29, 0.717) is 5.92 Å². The maximum absolute atomic E-state index is 10.2. The van der Waals surface area contributed by atoms with Crippen molar-refractivity contribution >= 4 is 0 Å². The summed E-state index contributed by atoms with van der Waals surface area (Å²) < 4.78 is 5.18. The van der Waals surface area contributed by atoms with E-state index in [1.165, 1.54) is 5.56 Å². The highest BCUT2D eigenvalue weighted by atomic mass is 16.5. The zero-order chi connectivity index (χ0) is 11.7. The lowest BCUT2D eigenvalue weighted by atomic mass is 10.0. The molecule has 3 heteroatoms. The van der Waals surface area contributed by atoms with Crippen molar-refractivity contribution in [1.29, 1.82) is 0 Å². The molecule has 2 rings (SSSR count). The number of rotatable bonds is 3. The molecule has 0 spiro atoms. The van der Waals surface area contributed by atoms with Crippen LogP contribution in [0.25, 0.3) is 0 Å². The Labute approximate surface area is 96.6 Å². The van der Waals surface area contributed by atoms with Crippen LogP contribution < -0.4 is 4.74 Å². The van der Waals surface area contributed by atoms with E-state index in [-0.39, 0.29) is 6.10 Å². The van der Waals surface area contributed by atoms with Crippen LogP contribution >= 0.6 is 0 Å². The van der Waals surface area contributed by atoms with E-state index in [9.17, 15) is 5.11 Å². The highest BCUT2D eigenvalue weighted by Crippen LogP contribution is 2.38. The van der Waals surface area contributed by atoms with Crippen LogP contribution in [0.4, 0.5) is 0 Å². The largest absolute Gasteiger partial charge is 0.497 e. The predicted octanol–water partition coefficient (Wildman–Crippen LogP) is 1.46. The molecule has 1 N–H and O–H groups in total. The van der Waals surface area contributed by atoms with Gasteiger partial charge in [-0.3, -0.25) is 0 Å². The summed E-state index contributed by atoms with van der Waals surface area (Å²) in [5, 5.41) is 10.2. The van der Waals surface area contributed by atoms with Gasteiger partial charge in [0.05, 0.1) is 13.2 Å². The first-order valence-electron chi connectivity index (χ1n) is 5.61. The Morgan fingerprint density at radius 3 is 2.81 bits per heavy atom. The number of fused-ring (bicyclic) bond motifs is 1. The van der Waals surface area contributed by atoms with Crippen LogP contribution in [0.3, 0.4) is 0 Å². The van der Waals surface area contributed by atoms with Gasteiger partial charge in [0.15, 0.2) is 0 Å². The number of methoxy groups -OCH3 is 1. The van der Waals surface area contributed by atoms with Crippen LogP contribution in [-0.4, -0.2) is 37.8 Å². The van der Waals surface area contributed by atoms with Crippen molar-refractivity contribution < 1.29 is 9.84 Å². The molecular formula is C13H19NO2. The maximum atomic E-state index is 10.2. The first-order valence-corrected chi connectivity index (χ1v) is 5.61.